The van der Waals surface area contributed by atoms with E-state index >= 15 is 0 Å². The van der Waals surface area contributed by atoms with E-state index in [1.54, 1.807) is 13.2 Å². The van der Waals surface area contributed by atoms with Crippen LogP contribution in [-0.4, -0.2) is 22.5 Å². The van der Waals surface area contributed by atoms with E-state index in [2.05, 4.69) is 26.2 Å². The molecule has 0 radical (unpaired) electrons. The van der Waals surface area contributed by atoms with Gasteiger partial charge >= 0.3 is 0 Å². The van der Waals surface area contributed by atoms with Crippen LogP contribution in [0.4, 0.5) is 0 Å². The number of amides is 1. The first-order valence-corrected chi connectivity index (χ1v) is 6.43. The van der Waals surface area contributed by atoms with Crippen molar-refractivity contribution in [2.24, 2.45) is 0 Å². The number of aromatic nitrogens is 2. The molecule has 0 bridgehead atoms. The largest absolute Gasteiger partial charge is 0.358 e. The first kappa shape index (κ1) is 12.8. The Balaban J connectivity index is 2.12. The minimum Gasteiger partial charge on any atom is -0.358 e. The van der Waals surface area contributed by atoms with E-state index in [-0.39, 0.29) is 5.91 Å². The van der Waals surface area contributed by atoms with Crippen LogP contribution in [0.15, 0.2) is 41.1 Å². The number of hydrogen-bond donors (Lipinski definition) is 1. The normalized spacial score (nSPS) is 10.3. The first-order chi connectivity index (χ1) is 8.69. The van der Waals surface area contributed by atoms with Gasteiger partial charge in [-0.15, -0.1) is 0 Å². The highest BCUT2D eigenvalue weighted by Crippen LogP contribution is 2.13. The Labute approximate surface area is 114 Å². The third kappa shape index (κ3) is 3.20. The highest BCUT2D eigenvalue weighted by atomic mass is 79.9. The number of hydrogen-bond acceptors (Lipinski definition) is 2. The maximum atomic E-state index is 11.4. The molecule has 0 fully saturated rings. The topological polar surface area (TPSA) is 46.9 Å². The summed E-state index contributed by atoms with van der Waals surface area (Å²) in [4.78, 5) is 15.7. The van der Waals surface area contributed by atoms with Crippen molar-refractivity contribution >= 4 is 21.8 Å². The van der Waals surface area contributed by atoms with E-state index in [0.717, 1.165) is 16.7 Å². The number of nitrogens with zero attached hydrogens (tertiary/aromatic N) is 2. The van der Waals surface area contributed by atoms with Crippen molar-refractivity contribution < 1.29 is 4.79 Å². The van der Waals surface area contributed by atoms with Gasteiger partial charge in [0.25, 0.3) is 0 Å². The van der Waals surface area contributed by atoms with Gasteiger partial charge in [0.1, 0.15) is 12.4 Å². The number of imidazole rings is 1. The number of nitrogens with one attached hydrogen (secondary N) is 1. The van der Waals surface area contributed by atoms with Crippen molar-refractivity contribution in [3.05, 3.63) is 52.5 Å². The molecule has 0 aliphatic heterocycles. The van der Waals surface area contributed by atoms with Gasteiger partial charge in [0.05, 0.1) is 0 Å². The molecule has 2 aromatic rings. The number of benzene rings is 1. The Morgan fingerprint density at radius 3 is 2.78 bits per heavy atom. The van der Waals surface area contributed by atoms with Gasteiger partial charge < -0.3 is 9.88 Å². The second kappa shape index (κ2) is 5.82. The molecule has 1 aromatic heterocycles. The summed E-state index contributed by atoms with van der Waals surface area (Å²) in [6.45, 7) is 0.308. The van der Waals surface area contributed by atoms with Gasteiger partial charge in [0.2, 0.25) is 5.91 Å². The van der Waals surface area contributed by atoms with E-state index in [4.69, 9.17) is 0 Å². The zero-order valence-electron chi connectivity index (χ0n) is 10.1. The van der Waals surface area contributed by atoms with E-state index in [0.29, 0.717) is 6.54 Å². The van der Waals surface area contributed by atoms with Crippen molar-refractivity contribution in [2.75, 3.05) is 7.05 Å². The summed E-state index contributed by atoms with van der Waals surface area (Å²) in [6, 6.07) is 8.09. The minimum atomic E-state index is -0.0231. The molecule has 0 atom stereocenters. The number of rotatable bonds is 4. The van der Waals surface area contributed by atoms with Gasteiger partial charge in [-0.05, 0) is 17.7 Å². The van der Waals surface area contributed by atoms with E-state index in [9.17, 15) is 4.79 Å². The van der Waals surface area contributed by atoms with Crippen LogP contribution in [-0.2, 0) is 17.8 Å². The van der Waals surface area contributed by atoms with Crippen LogP contribution in [0.25, 0.3) is 0 Å². The molecular weight excluding hydrogens is 294 g/mol. The van der Waals surface area contributed by atoms with Gasteiger partial charge in [-0.1, -0.05) is 28.1 Å². The van der Waals surface area contributed by atoms with Crippen LogP contribution < -0.4 is 5.32 Å². The molecule has 94 valence electrons. The summed E-state index contributed by atoms with van der Waals surface area (Å²) < 4.78 is 2.92. The highest BCUT2D eigenvalue weighted by molar-refractivity contribution is 9.10. The first-order valence-electron chi connectivity index (χ1n) is 5.64. The summed E-state index contributed by atoms with van der Waals surface area (Å²) >= 11 is 3.41. The SMILES string of the molecule is CNC(=O)Cn1ccnc1Cc1ccc(Br)cc1. The molecular formula is C13H14BrN3O. The molecule has 0 aliphatic rings. The van der Waals surface area contributed by atoms with Gasteiger partial charge in [-0.25, -0.2) is 4.98 Å². The molecule has 0 saturated carbocycles. The lowest BCUT2D eigenvalue weighted by Gasteiger charge is -2.07. The fourth-order valence-corrected chi connectivity index (χ4v) is 1.93. The molecule has 1 aromatic carbocycles. The fraction of sp³-hybridized carbons (Fsp3) is 0.231. The Bertz CT molecular complexity index is 533. The standard InChI is InChI=1S/C13H14BrN3O/c1-15-13(18)9-17-7-6-16-12(17)8-10-2-4-11(14)5-3-10/h2-7H,8-9H2,1H3,(H,15,18). The smallest absolute Gasteiger partial charge is 0.239 e. The van der Waals surface area contributed by atoms with E-state index in [1.165, 1.54) is 5.56 Å². The van der Waals surface area contributed by atoms with E-state index < -0.39 is 0 Å². The quantitative estimate of drug-likeness (QED) is 0.939. The lowest BCUT2D eigenvalue weighted by Crippen LogP contribution is -2.24. The Hall–Kier alpha value is -1.62. The van der Waals surface area contributed by atoms with Gasteiger partial charge in [-0.2, -0.15) is 0 Å². The maximum absolute atomic E-state index is 11.4. The van der Waals surface area contributed by atoms with Crippen LogP contribution >= 0.6 is 15.9 Å². The van der Waals surface area contributed by atoms with Crippen LogP contribution in [0.2, 0.25) is 0 Å². The Morgan fingerprint density at radius 2 is 2.11 bits per heavy atom. The monoisotopic (exact) mass is 307 g/mol. The summed E-state index contributed by atoms with van der Waals surface area (Å²) in [6.07, 6.45) is 4.26. The molecule has 0 saturated heterocycles. The molecule has 1 amide bonds. The Kier molecular flexibility index (Phi) is 4.15. The van der Waals surface area contributed by atoms with Gasteiger partial charge in [-0.3, -0.25) is 4.79 Å². The second-order valence-corrected chi connectivity index (χ2v) is 4.86. The summed E-state index contributed by atoms with van der Waals surface area (Å²) in [5.74, 6) is 0.867. The van der Waals surface area contributed by atoms with Crippen LogP contribution in [0, 0.1) is 0 Å². The van der Waals surface area contributed by atoms with Gasteiger partial charge in [0.15, 0.2) is 0 Å². The van der Waals surface area contributed by atoms with Crippen molar-refractivity contribution in [1.29, 1.82) is 0 Å². The Morgan fingerprint density at radius 1 is 1.39 bits per heavy atom. The predicted molar refractivity (Wildman–Crippen MR) is 73.2 cm³/mol. The third-order valence-electron chi connectivity index (χ3n) is 2.67. The summed E-state index contributed by atoms with van der Waals surface area (Å²) in [5.41, 5.74) is 1.17. The molecule has 2 rings (SSSR count). The number of carbonyl (C=O) groups excluding carboxylic acids is 1. The lowest BCUT2D eigenvalue weighted by molar-refractivity contribution is -0.121. The molecule has 4 nitrogen and oxygen atoms in total. The van der Waals surface area contributed by atoms with Crippen LogP contribution in [0.3, 0.4) is 0 Å². The molecule has 5 heteroatoms. The van der Waals surface area contributed by atoms with E-state index in [1.807, 2.05) is 35.0 Å². The molecule has 0 unspecified atom stereocenters. The molecule has 0 aliphatic carbocycles. The van der Waals surface area contributed by atoms with Crippen molar-refractivity contribution in [1.82, 2.24) is 14.9 Å². The zero-order valence-corrected chi connectivity index (χ0v) is 11.6. The lowest BCUT2D eigenvalue weighted by atomic mass is 10.1. The fourth-order valence-electron chi connectivity index (χ4n) is 1.67. The molecule has 1 N–H and O–H groups in total. The highest BCUT2D eigenvalue weighted by Gasteiger charge is 2.07. The molecule has 0 spiro atoms. The average Bonchev–Trinajstić information content (AvgIpc) is 2.79. The van der Waals surface area contributed by atoms with Crippen LogP contribution in [0.5, 0.6) is 0 Å². The number of likely N-dealkylation sites (N-methyl/N-ethyl adjacent to an activating group) is 1. The molecule has 18 heavy (non-hydrogen) atoms. The minimum absolute atomic E-state index is 0.0231. The third-order valence-corrected chi connectivity index (χ3v) is 3.20. The van der Waals surface area contributed by atoms with Crippen LogP contribution in [0.1, 0.15) is 11.4 Å². The molecule has 1 heterocycles. The summed E-state index contributed by atoms with van der Waals surface area (Å²) in [5, 5.41) is 2.61. The second-order valence-electron chi connectivity index (χ2n) is 3.95. The number of carbonyl (C=O) groups is 1. The van der Waals surface area contributed by atoms with Crippen molar-refractivity contribution in [2.45, 2.75) is 13.0 Å². The van der Waals surface area contributed by atoms with Gasteiger partial charge in [0, 0.05) is 30.3 Å². The van der Waals surface area contributed by atoms with Crippen molar-refractivity contribution in [3.8, 4) is 0 Å². The maximum Gasteiger partial charge on any atom is 0.239 e. The van der Waals surface area contributed by atoms with Crippen molar-refractivity contribution in [3.63, 3.8) is 0 Å². The summed E-state index contributed by atoms with van der Waals surface area (Å²) in [7, 11) is 1.63. The number of halogens is 1. The predicted octanol–water partition coefficient (Wildman–Crippen LogP) is 1.98. The zero-order chi connectivity index (χ0) is 13.0. The average molecular weight is 308 g/mol.